The molecular weight excluding hydrogens is 984 g/mol. The molecule has 0 bridgehead atoms. The topological polar surface area (TPSA) is 152 Å². The van der Waals surface area contributed by atoms with Crippen LogP contribution in [0, 0.1) is 5.92 Å². The number of morpholine rings is 2. The molecule has 15 nitrogen and oxygen atoms in total. The summed E-state index contributed by atoms with van der Waals surface area (Å²) in [6.45, 7) is 19.6. The third-order valence-electron chi connectivity index (χ3n) is 13.0. The second-order valence-electron chi connectivity index (χ2n) is 19.9. The number of ether oxygens (including phenoxy) is 6. The zero-order valence-corrected chi connectivity index (χ0v) is 45.7. The van der Waals surface area contributed by atoms with E-state index >= 15 is 0 Å². The number of aliphatic hydroxyl groups is 1. The number of hydrogen-bond acceptors (Lipinski definition) is 14. The number of rotatable bonds is 9. The number of carbonyl (C=O) groups excluding carboxylic acids is 2. The highest BCUT2D eigenvalue weighted by Crippen LogP contribution is 2.47. The third-order valence-corrected chi connectivity index (χ3v) is 14.3. The van der Waals surface area contributed by atoms with Crippen molar-refractivity contribution in [2.45, 2.75) is 85.8 Å². The lowest BCUT2D eigenvalue weighted by molar-refractivity contribution is -0.0375. The fourth-order valence-corrected chi connectivity index (χ4v) is 10.6. The van der Waals surface area contributed by atoms with Crippen LogP contribution >= 0.6 is 34.4 Å². The van der Waals surface area contributed by atoms with Crippen molar-refractivity contribution in [2.75, 3.05) is 66.2 Å². The Morgan fingerprint density at radius 1 is 0.753 bits per heavy atom. The van der Waals surface area contributed by atoms with E-state index in [2.05, 4.69) is 26.0 Å². The molecule has 1 N–H and O–H groups in total. The first-order valence-electron chi connectivity index (χ1n) is 24.0. The van der Waals surface area contributed by atoms with Crippen LogP contribution in [-0.2, 0) is 22.7 Å². The van der Waals surface area contributed by atoms with Gasteiger partial charge in [-0.2, -0.15) is 44.6 Å². The monoisotopic (exact) mass is 1050 g/mol. The molecule has 8 heterocycles. The molecule has 19 heteroatoms. The summed E-state index contributed by atoms with van der Waals surface area (Å²) in [5.41, 5.74) is 9.47. The lowest BCUT2D eigenvalue weighted by Gasteiger charge is -2.41. The fourth-order valence-electron chi connectivity index (χ4n) is 9.36. The largest absolute Gasteiger partial charge is 0.496 e. The molecule has 0 saturated carbocycles. The molecule has 6 aromatic rings. The summed E-state index contributed by atoms with van der Waals surface area (Å²) in [6.07, 6.45) is 5.45. The van der Waals surface area contributed by atoms with E-state index in [1.54, 1.807) is 48.7 Å². The number of benzene rings is 2. The van der Waals surface area contributed by atoms with Gasteiger partial charge in [0.25, 0.3) is 11.8 Å². The van der Waals surface area contributed by atoms with Crippen LogP contribution in [0.1, 0.15) is 105 Å². The summed E-state index contributed by atoms with van der Waals surface area (Å²) >= 11 is 4.91. The van der Waals surface area contributed by atoms with Crippen LogP contribution in [0.25, 0.3) is 40.0 Å². The number of allylic oxidation sites excluding steroid dienone is 1. The van der Waals surface area contributed by atoms with Crippen molar-refractivity contribution in [1.29, 1.82) is 0 Å². The quantitative estimate of drug-likeness (QED) is 0.137. The van der Waals surface area contributed by atoms with Gasteiger partial charge in [-0.25, -0.2) is 9.36 Å². The van der Waals surface area contributed by atoms with Gasteiger partial charge in [0, 0.05) is 69.4 Å². The van der Waals surface area contributed by atoms with Crippen LogP contribution in [0.2, 0.25) is 0 Å². The highest BCUT2D eigenvalue weighted by atomic mass is 32.2. The Hall–Kier alpha value is -5.57. The average Bonchev–Trinajstić information content (AvgIpc) is 4.20. The predicted octanol–water partition coefficient (Wildman–Crippen LogP) is 9.41. The molecule has 73 heavy (non-hydrogen) atoms. The average molecular weight is 1050 g/mol. The Bertz CT molecular complexity index is 2940. The first kappa shape index (κ1) is 55.2. The molecular formula is C54H69BN6O9S3. The Kier molecular flexibility index (Phi) is 17.3. The van der Waals surface area contributed by atoms with Crippen molar-refractivity contribution in [3.63, 3.8) is 0 Å². The molecule has 2 aromatic carbocycles. The highest BCUT2D eigenvalue weighted by Gasteiger charge is 2.41. The molecule has 0 radical (unpaired) electrons. The molecule has 1 unspecified atom stereocenters. The van der Waals surface area contributed by atoms with E-state index in [4.69, 9.17) is 38.6 Å². The fraction of sp³-hybridized carbons (Fsp3) is 0.444. The summed E-state index contributed by atoms with van der Waals surface area (Å²) < 4.78 is 38.5. The maximum Gasteiger partial charge on any atom is 0.275 e. The van der Waals surface area contributed by atoms with Gasteiger partial charge in [-0.1, -0.05) is 25.5 Å². The second-order valence-corrected chi connectivity index (χ2v) is 22.2. The van der Waals surface area contributed by atoms with Gasteiger partial charge in [0.05, 0.1) is 89.0 Å². The van der Waals surface area contributed by atoms with Gasteiger partial charge in [0.1, 0.15) is 36.2 Å². The van der Waals surface area contributed by atoms with Crippen molar-refractivity contribution in [3.8, 4) is 56.9 Å². The normalized spacial score (nSPS) is 16.2. The first-order chi connectivity index (χ1) is 34.4. The maximum absolute atomic E-state index is 13.8. The van der Waals surface area contributed by atoms with E-state index in [-0.39, 0.29) is 39.4 Å². The van der Waals surface area contributed by atoms with Gasteiger partial charge >= 0.3 is 0 Å². The third kappa shape index (κ3) is 11.0. The summed E-state index contributed by atoms with van der Waals surface area (Å²) in [6, 6.07) is 11.7. The van der Waals surface area contributed by atoms with Crippen molar-refractivity contribution >= 4 is 60.7 Å². The summed E-state index contributed by atoms with van der Waals surface area (Å²) in [4.78, 5) is 31.3. The van der Waals surface area contributed by atoms with E-state index in [1.165, 1.54) is 0 Å². The summed E-state index contributed by atoms with van der Waals surface area (Å²) in [5, 5.41) is 28.7. The zero-order chi connectivity index (χ0) is 51.6. The van der Waals surface area contributed by atoms with E-state index in [1.807, 2.05) is 125 Å². The van der Waals surface area contributed by atoms with Crippen LogP contribution in [0.5, 0.6) is 23.0 Å². The molecule has 4 aliphatic heterocycles. The van der Waals surface area contributed by atoms with Crippen molar-refractivity contribution in [3.05, 3.63) is 97.1 Å². The van der Waals surface area contributed by atoms with Crippen molar-refractivity contribution in [1.82, 2.24) is 29.4 Å². The molecule has 2 amide bonds. The number of thiophene rings is 2. The highest BCUT2D eigenvalue weighted by molar-refractivity contribution is 7.97. The Morgan fingerprint density at radius 3 is 1.60 bits per heavy atom. The number of carbonyl (C=O) groups is 2. The molecule has 1 atom stereocenters. The van der Waals surface area contributed by atoms with Gasteiger partial charge in [-0.3, -0.25) is 9.59 Å². The summed E-state index contributed by atoms with van der Waals surface area (Å²) in [7, 11) is 3.25. The number of fused-ring (bicyclic) bond motifs is 6. The predicted molar refractivity (Wildman–Crippen MR) is 296 cm³/mol. The molecule has 0 spiro atoms. The van der Waals surface area contributed by atoms with Gasteiger partial charge in [-0.05, 0) is 95.0 Å². The first-order valence-corrected chi connectivity index (χ1v) is 27.5. The minimum absolute atomic E-state index is 0. The number of thioether (sulfide) groups is 1. The van der Waals surface area contributed by atoms with Crippen LogP contribution in [0.4, 0.5) is 0 Å². The van der Waals surface area contributed by atoms with Crippen LogP contribution in [0.15, 0.2) is 63.5 Å². The minimum atomic E-state index is -0.714. The molecule has 2 saturated heterocycles. The SMILES string of the molecule is B.COc1cc2c(cc1C(O)C(C)C)-c1c(c(C(=O)N3CCOCC3(C)C)nn1-c1ccsc1)CO2.COc1cc2c(cc1C=C(C)C)-c1c(c(C(=O)N3CCOCC3(C)C)nn1-c1ccsc1)CO2.CSC. The number of amides is 2. The molecule has 2 fully saturated rings. The molecule has 4 aliphatic rings. The maximum atomic E-state index is 13.8. The van der Waals surface area contributed by atoms with E-state index < -0.39 is 17.2 Å². The Balaban J connectivity index is 0.000000200. The van der Waals surface area contributed by atoms with Crippen molar-refractivity contribution in [2.24, 2.45) is 5.92 Å². The lowest BCUT2D eigenvalue weighted by Crippen LogP contribution is -2.55. The standard InChI is InChI=1S/C26H31N3O5S.C26H29N3O4S.C2H6S.BH3/c1-15(2)24(30)18-10-17-21(11-20(18)32-5)34-12-19-22(25(31)28-7-8-33-14-26(28,3)4)27-29(23(17)19)16-6-9-35-13-16;1-16(2)10-17-11-19-22(12-21(17)31-5)33-13-20-23(25(30)28-7-8-32-15-26(28,3)4)27-29(24(19)20)18-6-9-34-14-18;1-3-2;/h6,9-11,13,15,24,30H,7-8,12,14H2,1-5H3;6,9-12,14H,7-8,13,15H2,1-5H3;1-2H3;1H3. The van der Waals surface area contributed by atoms with Gasteiger partial charge in [-0.15, -0.1) is 0 Å². The van der Waals surface area contributed by atoms with Crippen LogP contribution < -0.4 is 18.9 Å². The van der Waals surface area contributed by atoms with Gasteiger partial charge in [0.15, 0.2) is 11.4 Å². The smallest absolute Gasteiger partial charge is 0.275 e. The Morgan fingerprint density at radius 2 is 1.21 bits per heavy atom. The van der Waals surface area contributed by atoms with E-state index in [0.717, 1.165) is 67.7 Å². The lowest BCUT2D eigenvalue weighted by atomic mass is 9.93. The summed E-state index contributed by atoms with van der Waals surface area (Å²) in [5.74, 6) is 2.44. The number of aromatic nitrogens is 4. The van der Waals surface area contributed by atoms with Crippen LogP contribution in [-0.4, -0.2) is 132 Å². The van der Waals surface area contributed by atoms with Crippen LogP contribution in [0.3, 0.4) is 0 Å². The molecule has 390 valence electrons. The zero-order valence-electron chi connectivity index (χ0n) is 43.3. The van der Waals surface area contributed by atoms with Gasteiger partial charge in [0.2, 0.25) is 0 Å². The second kappa shape index (κ2) is 22.9. The molecule has 10 rings (SSSR count). The minimum Gasteiger partial charge on any atom is -0.496 e. The van der Waals surface area contributed by atoms with E-state index in [0.29, 0.717) is 68.0 Å². The number of hydrogen-bond donors (Lipinski definition) is 1. The molecule has 4 aromatic heterocycles. The Labute approximate surface area is 442 Å². The van der Waals surface area contributed by atoms with E-state index in [9.17, 15) is 14.7 Å². The van der Waals surface area contributed by atoms with Gasteiger partial charge < -0.3 is 43.3 Å². The van der Waals surface area contributed by atoms with Crippen molar-refractivity contribution < 1.29 is 43.1 Å². The number of methoxy groups -OCH3 is 2. The number of aliphatic hydroxyl groups excluding tert-OH is 1. The number of nitrogens with zero attached hydrogens (tertiary/aromatic N) is 6. The molecule has 0 aliphatic carbocycles.